The Bertz CT molecular complexity index is 1210. The van der Waals surface area contributed by atoms with Crippen molar-refractivity contribution >= 4 is 0 Å². The zero-order valence-corrected chi connectivity index (χ0v) is 18.1. The number of hydrogen-bond acceptors (Lipinski definition) is 7. The first-order valence-electron chi connectivity index (χ1n) is 10.3. The van der Waals surface area contributed by atoms with Crippen molar-refractivity contribution in [2.45, 2.75) is 19.8 Å². The molecule has 1 aliphatic heterocycles. The quantitative estimate of drug-likeness (QED) is 0.577. The number of methoxy groups -OCH3 is 1. The zero-order valence-electron chi connectivity index (χ0n) is 18.1. The molecule has 1 atom stereocenters. The molecule has 0 bridgehead atoms. The van der Waals surface area contributed by atoms with Gasteiger partial charge in [-0.05, 0) is 38.1 Å². The lowest BCUT2D eigenvalue weighted by Gasteiger charge is -2.25. The molecule has 0 radical (unpaired) electrons. The number of benzene rings is 2. The average Bonchev–Trinajstić information content (AvgIpc) is 3.22. The van der Waals surface area contributed by atoms with Crippen LogP contribution in [-0.4, -0.2) is 30.5 Å². The van der Waals surface area contributed by atoms with Gasteiger partial charge in [0.05, 0.1) is 37.5 Å². The SMILES string of the molecule is CCOc1ccc(-c2[nH]nc3c2[C@@H](c2ccccc2OCC)C(C#N)=C(N)O3)cc1OC. The van der Waals surface area contributed by atoms with E-state index in [1.54, 1.807) is 7.11 Å². The Kier molecular flexibility index (Phi) is 5.90. The third-order valence-electron chi connectivity index (χ3n) is 5.22. The molecule has 3 N–H and O–H groups in total. The molecule has 1 aromatic heterocycles. The maximum Gasteiger partial charge on any atom is 0.244 e. The standard InChI is InChI=1S/C24H24N4O4/c1-4-30-17-9-7-6-8-15(17)20-16(13-25)23(26)32-24-21(20)22(27-28-24)14-10-11-18(31-5-2)19(12-14)29-3/h6-12,20H,4-5,26H2,1-3H3,(H,27,28)/t20-/m0/s1. The number of hydrogen-bond donors (Lipinski definition) is 2. The summed E-state index contributed by atoms with van der Waals surface area (Å²) in [7, 11) is 1.59. The van der Waals surface area contributed by atoms with E-state index in [1.165, 1.54) is 0 Å². The summed E-state index contributed by atoms with van der Waals surface area (Å²) in [6, 6.07) is 15.4. The molecular weight excluding hydrogens is 408 g/mol. The van der Waals surface area contributed by atoms with Crippen molar-refractivity contribution in [3.63, 3.8) is 0 Å². The first kappa shape index (κ1) is 21.1. The Labute approximate surface area is 186 Å². The molecule has 0 unspecified atom stereocenters. The smallest absolute Gasteiger partial charge is 0.244 e. The van der Waals surface area contributed by atoms with Crippen molar-refractivity contribution in [2.24, 2.45) is 5.73 Å². The molecule has 8 nitrogen and oxygen atoms in total. The largest absolute Gasteiger partial charge is 0.494 e. The van der Waals surface area contributed by atoms with E-state index in [0.717, 1.165) is 11.1 Å². The van der Waals surface area contributed by atoms with Gasteiger partial charge in [-0.3, -0.25) is 5.10 Å². The minimum absolute atomic E-state index is 0.0265. The predicted octanol–water partition coefficient (Wildman–Crippen LogP) is 4.10. The Morgan fingerprint density at radius 3 is 2.56 bits per heavy atom. The summed E-state index contributed by atoms with van der Waals surface area (Å²) in [4.78, 5) is 0. The summed E-state index contributed by atoms with van der Waals surface area (Å²) < 4.78 is 22.7. The molecule has 0 fully saturated rings. The second-order valence-corrected chi connectivity index (χ2v) is 7.01. The highest BCUT2D eigenvalue weighted by Crippen LogP contribution is 2.48. The van der Waals surface area contributed by atoms with Gasteiger partial charge in [0.2, 0.25) is 11.8 Å². The number of H-pyrrole nitrogens is 1. The topological polar surface area (TPSA) is 115 Å². The third-order valence-corrected chi connectivity index (χ3v) is 5.22. The lowest BCUT2D eigenvalue weighted by atomic mass is 9.82. The predicted molar refractivity (Wildman–Crippen MR) is 119 cm³/mol. The lowest BCUT2D eigenvalue weighted by Crippen LogP contribution is -2.21. The molecule has 0 spiro atoms. The normalized spacial score (nSPS) is 14.9. The number of allylic oxidation sites excluding steroid dienone is 1. The Morgan fingerprint density at radius 1 is 1.09 bits per heavy atom. The summed E-state index contributed by atoms with van der Waals surface area (Å²) in [5.41, 5.74) is 9.41. The molecule has 164 valence electrons. The minimum atomic E-state index is -0.516. The molecule has 32 heavy (non-hydrogen) atoms. The fourth-order valence-electron chi connectivity index (χ4n) is 3.88. The highest BCUT2D eigenvalue weighted by Gasteiger charge is 2.37. The van der Waals surface area contributed by atoms with Crippen molar-refractivity contribution in [1.29, 1.82) is 5.26 Å². The number of aromatic amines is 1. The molecule has 8 heteroatoms. The van der Waals surface area contributed by atoms with Crippen LogP contribution in [0.2, 0.25) is 0 Å². The van der Waals surface area contributed by atoms with Gasteiger partial charge in [-0.2, -0.15) is 5.26 Å². The zero-order chi connectivity index (χ0) is 22.7. The molecule has 0 amide bonds. The average molecular weight is 432 g/mol. The summed E-state index contributed by atoms with van der Waals surface area (Å²) in [6.45, 7) is 4.84. The maximum atomic E-state index is 9.94. The van der Waals surface area contributed by atoms with E-state index in [0.29, 0.717) is 53.2 Å². The van der Waals surface area contributed by atoms with Crippen LogP contribution in [0.25, 0.3) is 11.3 Å². The van der Waals surface area contributed by atoms with Crippen LogP contribution in [0, 0.1) is 11.3 Å². The van der Waals surface area contributed by atoms with Gasteiger partial charge in [-0.15, -0.1) is 5.10 Å². The van der Waals surface area contributed by atoms with Crippen molar-refractivity contribution in [3.05, 3.63) is 65.0 Å². The van der Waals surface area contributed by atoms with Crippen molar-refractivity contribution in [2.75, 3.05) is 20.3 Å². The van der Waals surface area contributed by atoms with Gasteiger partial charge in [0, 0.05) is 11.1 Å². The van der Waals surface area contributed by atoms with E-state index in [-0.39, 0.29) is 5.88 Å². The van der Waals surface area contributed by atoms with Gasteiger partial charge in [0.15, 0.2) is 11.5 Å². The number of nitrogens with one attached hydrogen (secondary N) is 1. The van der Waals surface area contributed by atoms with Crippen LogP contribution in [0.1, 0.15) is 30.9 Å². The molecule has 2 aromatic carbocycles. The Balaban J connectivity index is 1.91. The monoisotopic (exact) mass is 432 g/mol. The molecule has 4 rings (SSSR count). The number of nitriles is 1. The van der Waals surface area contributed by atoms with Gasteiger partial charge in [0.1, 0.15) is 17.4 Å². The molecule has 0 aliphatic carbocycles. The molecule has 2 heterocycles. The third kappa shape index (κ3) is 3.58. The molecule has 0 saturated carbocycles. The summed E-state index contributed by atoms with van der Waals surface area (Å²) in [5.74, 6) is 1.73. The second-order valence-electron chi connectivity index (χ2n) is 7.01. The Hall–Kier alpha value is -4.12. The highest BCUT2D eigenvalue weighted by molar-refractivity contribution is 5.73. The Morgan fingerprint density at radius 2 is 1.84 bits per heavy atom. The van der Waals surface area contributed by atoms with Crippen LogP contribution in [0.15, 0.2) is 53.9 Å². The fourth-order valence-corrected chi connectivity index (χ4v) is 3.88. The molecule has 3 aromatic rings. The van der Waals surface area contributed by atoms with Crippen molar-refractivity contribution in [3.8, 4) is 40.5 Å². The molecule has 1 aliphatic rings. The number of nitrogens with two attached hydrogens (primary N) is 1. The van der Waals surface area contributed by atoms with Crippen LogP contribution < -0.4 is 24.7 Å². The second kappa shape index (κ2) is 8.94. The van der Waals surface area contributed by atoms with Crippen molar-refractivity contribution < 1.29 is 18.9 Å². The maximum absolute atomic E-state index is 9.94. The summed E-state index contributed by atoms with van der Waals surface area (Å²) in [6.07, 6.45) is 0. The molecule has 0 saturated heterocycles. The summed E-state index contributed by atoms with van der Waals surface area (Å²) in [5, 5.41) is 17.3. The van der Waals surface area contributed by atoms with Crippen molar-refractivity contribution in [1.82, 2.24) is 10.2 Å². The van der Waals surface area contributed by atoms with Crippen LogP contribution in [-0.2, 0) is 0 Å². The van der Waals surface area contributed by atoms with Gasteiger partial charge in [-0.1, -0.05) is 18.2 Å². The van der Waals surface area contributed by atoms with E-state index < -0.39 is 5.92 Å². The van der Waals surface area contributed by atoms with E-state index in [2.05, 4.69) is 16.3 Å². The van der Waals surface area contributed by atoms with Gasteiger partial charge in [-0.25, -0.2) is 0 Å². The minimum Gasteiger partial charge on any atom is -0.494 e. The van der Waals surface area contributed by atoms with E-state index in [1.807, 2.05) is 56.3 Å². The van der Waals surface area contributed by atoms with E-state index >= 15 is 0 Å². The van der Waals surface area contributed by atoms with Crippen LogP contribution in [0.4, 0.5) is 0 Å². The number of fused-ring (bicyclic) bond motifs is 1. The van der Waals surface area contributed by atoms with Gasteiger partial charge < -0.3 is 24.7 Å². The van der Waals surface area contributed by atoms with Gasteiger partial charge >= 0.3 is 0 Å². The van der Waals surface area contributed by atoms with E-state index in [9.17, 15) is 5.26 Å². The van der Waals surface area contributed by atoms with Crippen LogP contribution in [0.3, 0.4) is 0 Å². The number of para-hydroxylation sites is 1. The number of aromatic nitrogens is 2. The van der Waals surface area contributed by atoms with Crippen LogP contribution >= 0.6 is 0 Å². The fraction of sp³-hybridized carbons (Fsp3) is 0.250. The lowest BCUT2D eigenvalue weighted by molar-refractivity contribution is 0.311. The van der Waals surface area contributed by atoms with Gasteiger partial charge in [0.25, 0.3) is 0 Å². The summed E-state index contributed by atoms with van der Waals surface area (Å²) >= 11 is 0. The number of ether oxygens (including phenoxy) is 4. The molecular formula is C24H24N4O4. The van der Waals surface area contributed by atoms with Crippen LogP contribution in [0.5, 0.6) is 23.1 Å². The highest BCUT2D eigenvalue weighted by atomic mass is 16.5. The first-order chi connectivity index (χ1) is 15.6. The number of rotatable bonds is 7. The van der Waals surface area contributed by atoms with E-state index in [4.69, 9.17) is 24.7 Å². The number of nitrogens with zero attached hydrogens (tertiary/aromatic N) is 2. The first-order valence-corrected chi connectivity index (χ1v) is 10.3.